The molecule has 0 atom stereocenters. The maximum absolute atomic E-state index is 12.1. The topological polar surface area (TPSA) is 46.5 Å². The van der Waals surface area contributed by atoms with Crippen LogP contribution < -0.4 is 0 Å². The molecule has 4 nitrogen and oxygen atoms in total. The molecule has 0 bridgehead atoms. The van der Waals surface area contributed by atoms with Crippen molar-refractivity contribution in [3.8, 4) is 0 Å². The van der Waals surface area contributed by atoms with E-state index in [4.69, 9.17) is 4.74 Å². The average Bonchev–Trinajstić information content (AvgIpc) is 2.15. The number of aliphatic hydroxyl groups is 1. The Balaban J connectivity index is 2.64. The van der Waals surface area contributed by atoms with Crippen LogP contribution in [0.4, 0.5) is 4.79 Å². The number of carbonyl (C=O) groups is 1. The lowest BCUT2D eigenvalue weighted by molar-refractivity contribution is -0.846. The van der Waals surface area contributed by atoms with Crippen LogP contribution in [0.2, 0.25) is 0 Å². The van der Waals surface area contributed by atoms with Crippen molar-refractivity contribution in [3.63, 3.8) is 0 Å². The molecule has 0 aliphatic heterocycles. The van der Waals surface area contributed by atoms with Gasteiger partial charge in [-0.2, -0.15) is 4.79 Å². The smallest absolute Gasteiger partial charge is 0.414 e. The van der Waals surface area contributed by atoms with Gasteiger partial charge in [-0.3, -0.25) is 0 Å². The van der Waals surface area contributed by atoms with Crippen LogP contribution in [-0.2, 0) is 4.74 Å². The minimum Gasteiger partial charge on any atom is -0.414 e. The van der Waals surface area contributed by atoms with Crippen LogP contribution >= 0.6 is 0 Å². The average molecular weight is 244 g/mol. The molecule has 1 rings (SSSR count). The summed E-state index contributed by atoms with van der Waals surface area (Å²) >= 11 is 0. The van der Waals surface area contributed by atoms with E-state index in [1.54, 1.807) is 0 Å². The minimum atomic E-state index is -0.444. The molecule has 0 spiro atoms. The van der Waals surface area contributed by atoms with Crippen LogP contribution in [0.5, 0.6) is 0 Å². The molecular weight excluding hydrogens is 218 g/mol. The van der Waals surface area contributed by atoms with Crippen molar-refractivity contribution in [2.24, 2.45) is 0 Å². The van der Waals surface area contributed by atoms with Gasteiger partial charge in [0.15, 0.2) is 0 Å². The van der Waals surface area contributed by atoms with E-state index in [9.17, 15) is 9.90 Å². The van der Waals surface area contributed by atoms with E-state index in [-0.39, 0.29) is 22.7 Å². The predicted molar refractivity (Wildman–Crippen MR) is 66.6 cm³/mol. The summed E-state index contributed by atoms with van der Waals surface area (Å²) in [6.07, 6.45) is 2.97. The maximum atomic E-state index is 12.1. The summed E-state index contributed by atoms with van der Waals surface area (Å²) in [6, 6.07) is 0.258. The van der Waals surface area contributed by atoms with Gasteiger partial charge < -0.3 is 9.84 Å². The number of hydrogen-bond donors (Lipinski definition) is 1. The Morgan fingerprint density at radius 1 is 1.18 bits per heavy atom. The zero-order valence-corrected chi connectivity index (χ0v) is 11.7. The molecule has 1 aliphatic rings. The predicted octanol–water partition coefficient (Wildman–Crippen LogP) is 2.30. The largest absolute Gasteiger partial charge is 0.516 e. The van der Waals surface area contributed by atoms with Crippen molar-refractivity contribution in [1.29, 1.82) is 0 Å². The van der Waals surface area contributed by atoms with Gasteiger partial charge in [0.25, 0.3) is 0 Å². The Labute approximate surface area is 104 Å². The zero-order chi connectivity index (χ0) is 13.3. The zero-order valence-electron chi connectivity index (χ0n) is 11.7. The van der Waals surface area contributed by atoms with Crippen molar-refractivity contribution in [3.05, 3.63) is 0 Å². The summed E-state index contributed by atoms with van der Waals surface area (Å²) < 4.78 is 5.71. The summed E-state index contributed by atoms with van der Waals surface area (Å²) in [7, 11) is 3.80. The van der Waals surface area contributed by atoms with Crippen LogP contribution in [0.3, 0.4) is 0 Å². The summed E-state index contributed by atoms with van der Waals surface area (Å²) in [4.78, 5) is 12.1. The normalized spacial score (nSPS) is 26.7. The quantitative estimate of drug-likeness (QED) is 0.720. The summed E-state index contributed by atoms with van der Waals surface area (Å²) in [5.74, 6) is 0. The number of hydrogen-bond acceptors (Lipinski definition) is 3. The Morgan fingerprint density at radius 3 is 2.06 bits per heavy atom. The highest BCUT2D eigenvalue weighted by Crippen LogP contribution is 2.27. The van der Waals surface area contributed by atoms with Crippen LogP contribution in [0.25, 0.3) is 0 Å². The van der Waals surface area contributed by atoms with Crippen LogP contribution in [-0.4, -0.2) is 47.5 Å². The Bertz CT molecular complexity index is 273. The van der Waals surface area contributed by atoms with Gasteiger partial charge in [0.2, 0.25) is 0 Å². The molecule has 4 heteroatoms. The lowest BCUT2D eigenvalue weighted by atomic mass is 9.91. The second kappa shape index (κ2) is 4.94. The number of amides is 1. The molecule has 1 saturated carbocycles. The molecular formula is C13H26NO3+. The first kappa shape index (κ1) is 14.5. The molecule has 0 aromatic rings. The molecule has 0 unspecified atom stereocenters. The Hall–Kier alpha value is -0.610. The van der Waals surface area contributed by atoms with Crippen molar-refractivity contribution < 1.29 is 19.1 Å². The molecule has 0 aromatic carbocycles. The van der Waals surface area contributed by atoms with E-state index in [1.807, 2.05) is 34.9 Å². The van der Waals surface area contributed by atoms with E-state index >= 15 is 0 Å². The minimum absolute atomic E-state index is 0.182. The third-order valence-corrected chi connectivity index (χ3v) is 3.44. The van der Waals surface area contributed by atoms with Crippen molar-refractivity contribution in [2.75, 3.05) is 14.1 Å². The molecule has 0 radical (unpaired) electrons. The Morgan fingerprint density at radius 2 is 1.65 bits per heavy atom. The number of rotatable bonds is 1. The maximum Gasteiger partial charge on any atom is 0.516 e. The van der Waals surface area contributed by atoms with Crippen LogP contribution in [0.1, 0.15) is 46.5 Å². The second-order valence-corrected chi connectivity index (χ2v) is 6.48. The van der Waals surface area contributed by atoms with E-state index in [0.29, 0.717) is 0 Å². The molecule has 1 fully saturated rings. The van der Waals surface area contributed by atoms with Gasteiger partial charge in [0.05, 0.1) is 26.2 Å². The van der Waals surface area contributed by atoms with Crippen LogP contribution in [0.15, 0.2) is 0 Å². The van der Waals surface area contributed by atoms with Gasteiger partial charge in [0, 0.05) is 12.8 Å². The molecule has 0 aromatic heterocycles. The first-order chi connectivity index (χ1) is 7.63. The summed E-state index contributed by atoms with van der Waals surface area (Å²) in [5.41, 5.74) is -0.444. The molecule has 17 heavy (non-hydrogen) atoms. The molecule has 1 aliphatic carbocycles. The van der Waals surface area contributed by atoms with Crippen molar-refractivity contribution in [2.45, 2.75) is 64.2 Å². The molecule has 1 amide bonds. The monoisotopic (exact) mass is 244 g/mol. The van der Waals surface area contributed by atoms with Gasteiger partial charge >= 0.3 is 6.09 Å². The fourth-order valence-corrected chi connectivity index (χ4v) is 2.23. The van der Waals surface area contributed by atoms with E-state index in [2.05, 4.69) is 0 Å². The first-order valence-electron chi connectivity index (χ1n) is 6.38. The SMILES string of the molecule is CC(C)(C)OC(=O)[N+](C)(C)C1CCC(O)CC1. The number of aliphatic hydroxyl groups excluding tert-OH is 1. The fraction of sp³-hybridized carbons (Fsp3) is 0.923. The lowest BCUT2D eigenvalue weighted by Gasteiger charge is -2.38. The van der Waals surface area contributed by atoms with Crippen molar-refractivity contribution >= 4 is 6.09 Å². The van der Waals surface area contributed by atoms with Gasteiger partial charge in [0.1, 0.15) is 5.60 Å². The second-order valence-electron chi connectivity index (χ2n) is 6.48. The molecule has 0 heterocycles. The highest BCUT2D eigenvalue weighted by atomic mass is 16.6. The van der Waals surface area contributed by atoms with Gasteiger partial charge in [-0.05, 0) is 33.6 Å². The van der Waals surface area contributed by atoms with Gasteiger partial charge in [-0.25, -0.2) is 4.48 Å². The lowest BCUT2D eigenvalue weighted by Crippen LogP contribution is -2.56. The van der Waals surface area contributed by atoms with Gasteiger partial charge in [-0.15, -0.1) is 0 Å². The van der Waals surface area contributed by atoms with E-state index in [1.165, 1.54) is 0 Å². The van der Waals surface area contributed by atoms with E-state index in [0.717, 1.165) is 25.7 Å². The van der Waals surface area contributed by atoms with E-state index < -0.39 is 5.60 Å². The molecule has 0 saturated heterocycles. The number of carbonyl (C=O) groups excluding carboxylic acids is 1. The third kappa shape index (κ3) is 3.96. The molecule has 1 N–H and O–H groups in total. The Kier molecular flexibility index (Phi) is 4.20. The standard InChI is InChI=1S/C13H26NO3/c1-13(2,3)17-12(16)14(4,5)10-6-8-11(15)9-7-10/h10-11,15H,6-9H2,1-5H3/q+1. The molecule has 100 valence electrons. The highest BCUT2D eigenvalue weighted by Gasteiger charge is 2.41. The number of quaternary nitrogens is 1. The fourth-order valence-electron chi connectivity index (χ4n) is 2.23. The van der Waals surface area contributed by atoms with Gasteiger partial charge in [-0.1, -0.05) is 0 Å². The third-order valence-electron chi connectivity index (χ3n) is 3.44. The van der Waals surface area contributed by atoms with Crippen molar-refractivity contribution in [1.82, 2.24) is 0 Å². The van der Waals surface area contributed by atoms with Crippen LogP contribution in [0, 0.1) is 0 Å². The summed E-state index contributed by atoms with van der Waals surface area (Å²) in [6.45, 7) is 5.65. The highest BCUT2D eigenvalue weighted by molar-refractivity contribution is 5.60. The number of ether oxygens (including phenoxy) is 1. The first-order valence-corrected chi connectivity index (χ1v) is 6.38. The number of nitrogens with zero attached hydrogens (tertiary/aromatic N) is 1. The summed E-state index contributed by atoms with van der Waals surface area (Å²) in [5, 5.41) is 9.49.